The average molecular weight is 384 g/mol. The first-order valence-electron chi connectivity index (χ1n) is 9.76. The molecule has 0 aromatic heterocycles. The van der Waals surface area contributed by atoms with Gasteiger partial charge in [0.2, 0.25) is 0 Å². The Bertz CT molecular complexity index is 840. The van der Waals surface area contributed by atoms with Gasteiger partial charge in [0.05, 0.1) is 0 Å². The van der Waals surface area contributed by atoms with E-state index >= 15 is 0 Å². The van der Waals surface area contributed by atoms with E-state index in [0.717, 1.165) is 36.3 Å². The molecular formula is C24H30ClNO. The fourth-order valence-corrected chi connectivity index (χ4v) is 4.24. The highest BCUT2D eigenvalue weighted by molar-refractivity contribution is 6.32. The Kier molecular flexibility index (Phi) is 5.67. The van der Waals surface area contributed by atoms with E-state index < -0.39 is 0 Å². The zero-order chi connectivity index (χ0) is 19.8. The van der Waals surface area contributed by atoms with Crippen LogP contribution in [0.1, 0.15) is 55.0 Å². The van der Waals surface area contributed by atoms with Gasteiger partial charge in [0, 0.05) is 36.6 Å². The Balaban J connectivity index is 1.79. The predicted octanol–water partition coefficient (Wildman–Crippen LogP) is 6.07. The van der Waals surface area contributed by atoms with Crippen molar-refractivity contribution in [1.29, 1.82) is 0 Å². The summed E-state index contributed by atoms with van der Waals surface area (Å²) in [5.74, 6) is 0.252. The van der Waals surface area contributed by atoms with E-state index in [9.17, 15) is 4.79 Å². The van der Waals surface area contributed by atoms with E-state index in [1.165, 1.54) is 16.7 Å². The molecule has 0 amide bonds. The summed E-state index contributed by atoms with van der Waals surface area (Å²) in [6.45, 7) is 12.4. The van der Waals surface area contributed by atoms with Gasteiger partial charge in [-0.15, -0.1) is 0 Å². The molecule has 0 aliphatic carbocycles. The first kappa shape index (κ1) is 19.9. The van der Waals surface area contributed by atoms with Crippen molar-refractivity contribution in [2.75, 3.05) is 11.4 Å². The lowest BCUT2D eigenvalue weighted by Gasteiger charge is -2.31. The summed E-state index contributed by atoms with van der Waals surface area (Å²) in [5.41, 5.74) is 7.42. The number of ketones is 1. The first-order valence-corrected chi connectivity index (χ1v) is 10.1. The summed E-state index contributed by atoms with van der Waals surface area (Å²) in [4.78, 5) is 14.8. The van der Waals surface area contributed by atoms with Gasteiger partial charge in [-0.25, -0.2) is 0 Å². The number of carbonyl (C=O) groups is 1. The van der Waals surface area contributed by atoms with Crippen LogP contribution in [0.5, 0.6) is 0 Å². The van der Waals surface area contributed by atoms with Gasteiger partial charge < -0.3 is 4.90 Å². The normalized spacial score (nSPS) is 14.2. The Morgan fingerprint density at radius 3 is 2.52 bits per heavy atom. The summed E-state index contributed by atoms with van der Waals surface area (Å²) >= 11 is 6.61. The van der Waals surface area contributed by atoms with Crippen molar-refractivity contribution in [3.8, 4) is 0 Å². The summed E-state index contributed by atoms with van der Waals surface area (Å²) in [6.07, 6.45) is 2.05. The number of nitrogens with zero attached hydrogens (tertiary/aromatic N) is 1. The number of halogens is 1. The number of aryl methyl sites for hydroxylation is 2. The SMILES string of the molecule is Cc1ccc2c(c1)CCN(c1cc(C)c(CC(=O)CC(C)(C)C)c(Cl)c1)C2. The van der Waals surface area contributed by atoms with E-state index in [2.05, 4.69) is 63.8 Å². The van der Waals surface area contributed by atoms with Crippen LogP contribution in [-0.2, 0) is 24.2 Å². The number of hydrogen-bond acceptors (Lipinski definition) is 2. The number of fused-ring (bicyclic) bond motifs is 1. The second kappa shape index (κ2) is 7.67. The average Bonchev–Trinajstić information content (AvgIpc) is 2.56. The summed E-state index contributed by atoms with van der Waals surface area (Å²) in [7, 11) is 0. The molecule has 1 heterocycles. The number of Topliss-reactive ketones (excluding diaryl/α,β-unsaturated/α-hetero) is 1. The maximum absolute atomic E-state index is 12.4. The van der Waals surface area contributed by atoms with E-state index in [-0.39, 0.29) is 11.2 Å². The van der Waals surface area contributed by atoms with Crippen LogP contribution in [0.4, 0.5) is 5.69 Å². The molecule has 1 aliphatic heterocycles. The Hall–Kier alpha value is -1.80. The van der Waals surface area contributed by atoms with Crippen molar-refractivity contribution in [2.24, 2.45) is 5.41 Å². The Morgan fingerprint density at radius 2 is 1.85 bits per heavy atom. The fourth-order valence-electron chi connectivity index (χ4n) is 3.92. The quantitative estimate of drug-likeness (QED) is 0.638. The van der Waals surface area contributed by atoms with Crippen LogP contribution in [0, 0.1) is 19.3 Å². The van der Waals surface area contributed by atoms with Gasteiger partial charge in [0.25, 0.3) is 0 Å². The van der Waals surface area contributed by atoms with Crippen LogP contribution >= 0.6 is 11.6 Å². The number of rotatable bonds is 4. The number of anilines is 1. The van der Waals surface area contributed by atoms with Crippen LogP contribution in [0.15, 0.2) is 30.3 Å². The lowest BCUT2D eigenvalue weighted by atomic mass is 9.87. The fraction of sp³-hybridized carbons (Fsp3) is 0.458. The molecule has 2 aromatic rings. The van der Waals surface area contributed by atoms with Gasteiger partial charge in [-0.3, -0.25) is 4.79 Å². The highest BCUT2D eigenvalue weighted by Crippen LogP contribution is 2.32. The predicted molar refractivity (Wildman–Crippen MR) is 115 cm³/mol. The molecule has 0 spiro atoms. The highest BCUT2D eigenvalue weighted by Gasteiger charge is 2.21. The molecule has 0 fully saturated rings. The number of hydrogen-bond donors (Lipinski definition) is 0. The van der Waals surface area contributed by atoms with Crippen molar-refractivity contribution in [1.82, 2.24) is 0 Å². The maximum atomic E-state index is 12.4. The molecule has 0 saturated heterocycles. The third kappa shape index (κ3) is 4.93. The van der Waals surface area contributed by atoms with Crippen LogP contribution in [0.25, 0.3) is 0 Å². The topological polar surface area (TPSA) is 20.3 Å². The molecule has 3 heteroatoms. The minimum atomic E-state index is 0.0109. The Morgan fingerprint density at radius 1 is 1.11 bits per heavy atom. The molecule has 2 nitrogen and oxygen atoms in total. The second-order valence-electron chi connectivity index (χ2n) is 9.12. The van der Waals surface area contributed by atoms with Gasteiger partial charge in [0.15, 0.2) is 0 Å². The molecule has 27 heavy (non-hydrogen) atoms. The zero-order valence-corrected chi connectivity index (χ0v) is 17.9. The third-order valence-electron chi connectivity index (χ3n) is 5.24. The monoisotopic (exact) mass is 383 g/mol. The molecule has 0 bridgehead atoms. The summed E-state index contributed by atoms with van der Waals surface area (Å²) < 4.78 is 0. The number of carbonyl (C=O) groups excluding carboxylic acids is 1. The van der Waals surface area contributed by atoms with Crippen LogP contribution in [0.2, 0.25) is 5.02 Å². The van der Waals surface area contributed by atoms with Crippen LogP contribution in [-0.4, -0.2) is 12.3 Å². The van der Waals surface area contributed by atoms with E-state index in [4.69, 9.17) is 11.6 Å². The van der Waals surface area contributed by atoms with E-state index in [1.807, 2.05) is 6.07 Å². The minimum Gasteiger partial charge on any atom is -0.367 e. The van der Waals surface area contributed by atoms with Crippen LogP contribution in [0.3, 0.4) is 0 Å². The van der Waals surface area contributed by atoms with Gasteiger partial charge in [-0.05, 0) is 60.1 Å². The smallest absolute Gasteiger partial charge is 0.137 e. The lowest BCUT2D eigenvalue weighted by molar-refractivity contribution is -0.120. The van der Waals surface area contributed by atoms with Crippen molar-refractivity contribution >= 4 is 23.1 Å². The van der Waals surface area contributed by atoms with Gasteiger partial charge >= 0.3 is 0 Å². The third-order valence-corrected chi connectivity index (χ3v) is 5.58. The molecule has 144 valence electrons. The molecule has 0 unspecified atom stereocenters. The standard InChI is InChI=1S/C24H30ClNO/c1-16-6-7-19-15-26(9-8-18(19)10-16)20-11-17(2)22(23(25)12-20)13-21(27)14-24(3,4)5/h6-7,10-12H,8-9,13-15H2,1-5H3. The molecule has 0 N–H and O–H groups in total. The van der Waals surface area contributed by atoms with Crippen molar-refractivity contribution < 1.29 is 4.79 Å². The minimum absolute atomic E-state index is 0.0109. The molecule has 0 saturated carbocycles. The van der Waals surface area contributed by atoms with Crippen molar-refractivity contribution in [3.05, 3.63) is 63.2 Å². The zero-order valence-electron chi connectivity index (χ0n) is 17.2. The van der Waals surface area contributed by atoms with Gasteiger partial charge in [-0.2, -0.15) is 0 Å². The highest BCUT2D eigenvalue weighted by atomic mass is 35.5. The summed E-state index contributed by atoms with van der Waals surface area (Å²) in [6, 6.07) is 10.9. The maximum Gasteiger partial charge on any atom is 0.137 e. The summed E-state index contributed by atoms with van der Waals surface area (Å²) in [5, 5.41) is 0.710. The van der Waals surface area contributed by atoms with Gasteiger partial charge in [-0.1, -0.05) is 56.1 Å². The molecule has 3 rings (SSSR count). The first-order chi connectivity index (χ1) is 12.6. The van der Waals surface area contributed by atoms with Crippen molar-refractivity contribution in [2.45, 2.75) is 60.4 Å². The van der Waals surface area contributed by atoms with E-state index in [1.54, 1.807) is 0 Å². The van der Waals surface area contributed by atoms with Gasteiger partial charge in [0.1, 0.15) is 5.78 Å². The Labute approximate surface area is 168 Å². The second-order valence-corrected chi connectivity index (χ2v) is 9.53. The largest absolute Gasteiger partial charge is 0.367 e. The van der Waals surface area contributed by atoms with Crippen LogP contribution < -0.4 is 4.90 Å². The molecule has 0 radical (unpaired) electrons. The number of benzene rings is 2. The molecular weight excluding hydrogens is 354 g/mol. The molecule has 1 aliphatic rings. The van der Waals surface area contributed by atoms with E-state index in [0.29, 0.717) is 17.9 Å². The lowest BCUT2D eigenvalue weighted by Crippen LogP contribution is -2.30. The van der Waals surface area contributed by atoms with Crippen molar-refractivity contribution in [3.63, 3.8) is 0 Å². The molecule has 0 atom stereocenters. The molecule has 2 aromatic carbocycles.